The zero-order valence-electron chi connectivity index (χ0n) is 10.9. The summed E-state index contributed by atoms with van der Waals surface area (Å²) in [6.07, 6.45) is -1.62. The minimum atomic E-state index is -4.60. The molecule has 22 heavy (non-hydrogen) atoms. The summed E-state index contributed by atoms with van der Waals surface area (Å²) in [7, 11) is 0. The molecule has 0 radical (unpaired) electrons. The van der Waals surface area contributed by atoms with Gasteiger partial charge in [-0.3, -0.25) is 4.79 Å². The maximum atomic E-state index is 12.9. The molecule has 0 fully saturated rings. The van der Waals surface area contributed by atoms with Crippen LogP contribution in [0.1, 0.15) is 21.6 Å². The molecule has 10 heteroatoms. The summed E-state index contributed by atoms with van der Waals surface area (Å²) in [6.45, 7) is -0.162. The molecule has 0 unspecified atom stereocenters. The molecule has 0 aliphatic heterocycles. The molecule has 2 rings (SSSR count). The molecular weight excluding hydrogens is 323 g/mol. The average Bonchev–Trinajstić information content (AvgIpc) is 2.44. The molecular formula is C12H9ClF3N5O. The summed E-state index contributed by atoms with van der Waals surface area (Å²) in [4.78, 5) is 22.1. The van der Waals surface area contributed by atoms with E-state index < -0.39 is 17.6 Å². The van der Waals surface area contributed by atoms with E-state index in [1.165, 1.54) is 6.20 Å². The lowest BCUT2D eigenvalue weighted by molar-refractivity contribution is -0.137. The predicted octanol–water partition coefficient (Wildman–Crippen LogP) is 2.25. The topological polar surface area (TPSA) is 93.8 Å². The summed E-state index contributed by atoms with van der Waals surface area (Å²) >= 11 is 5.61. The standard InChI is InChI=1S/C12H9ClF3N5O/c13-10-1-8(7(3-20-10)12(14,15)16)19-4-9-6(11(17)22)2-18-5-21-9/h1-3,5H,4H2,(H2,17,22)(H,19,20). The number of rotatable bonds is 4. The van der Waals surface area contributed by atoms with Crippen LogP contribution in [0.4, 0.5) is 18.9 Å². The van der Waals surface area contributed by atoms with Crippen LogP contribution >= 0.6 is 11.6 Å². The van der Waals surface area contributed by atoms with E-state index in [1.807, 2.05) is 0 Å². The number of alkyl halides is 3. The molecule has 2 heterocycles. The first-order valence-corrected chi connectivity index (χ1v) is 6.22. The van der Waals surface area contributed by atoms with Crippen molar-refractivity contribution in [3.8, 4) is 0 Å². The number of primary amides is 1. The van der Waals surface area contributed by atoms with Crippen LogP contribution in [0, 0.1) is 0 Å². The fourth-order valence-corrected chi connectivity index (χ4v) is 1.84. The molecule has 1 amide bonds. The Kier molecular flexibility index (Phi) is 4.45. The van der Waals surface area contributed by atoms with Crippen LogP contribution in [0.5, 0.6) is 0 Å². The molecule has 0 bridgehead atoms. The maximum absolute atomic E-state index is 12.9. The van der Waals surface area contributed by atoms with E-state index in [0.717, 1.165) is 12.4 Å². The molecule has 0 saturated heterocycles. The van der Waals surface area contributed by atoms with Gasteiger partial charge >= 0.3 is 6.18 Å². The van der Waals surface area contributed by atoms with Crippen molar-refractivity contribution < 1.29 is 18.0 Å². The Balaban J connectivity index is 2.29. The summed E-state index contributed by atoms with van der Waals surface area (Å²) in [6, 6.07) is 1.04. The highest BCUT2D eigenvalue weighted by molar-refractivity contribution is 6.29. The SMILES string of the molecule is NC(=O)c1cncnc1CNc1cc(Cl)ncc1C(F)(F)F. The summed E-state index contributed by atoms with van der Waals surface area (Å²) in [5, 5.41) is 2.43. The van der Waals surface area contributed by atoms with Crippen LogP contribution in [0.25, 0.3) is 0 Å². The zero-order chi connectivity index (χ0) is 16.3. The van der Waals surface area contributed by atoms with Crippen LogP contribution in [-0.4, -0.2) is 20.9 Å². The van der Waals surface area contributed by atoms with Crippen LogP contribution in [0.2, 0.25) is 5.15 Å². The van der Waals surface area contributed by atoms with Crippen LogP contribution in [-0.2, 0) is 12.7 Å². The Labute approximate surface area is 127 Å². The van der Waals surface area contributed by atoms with E-state index in [1.54, 1.807) is 0 Å². The minimum absolute atomic E-state index is 0.0173. The van der Waals surface area contributed by atoms with Gasteiger partial charge in [-0.15, -0.1) is 0 Å². The van der Waals surface area contributed by atoms with Gasteiger partial charge < -0.3 is 11.1 Å². The predicted molar refractivity (Wildman–Crippen MR) is 72.1 cm³/mol. The highest BCUT2D eigenvalue weighted by Crippen LogP contribution is 2.35. The number of nitrogens with two attached hydrogens (primary N) is 1. The molecule has 2 aromatic heterocycles. The van der Waals surface area contributed by atoms with E-state index in [0.29, 0.717) is 6.20 Å². The molecule has 0 atom stereocenters. The number of anilines is 1. The van der Waals surface area contributed by atoms with Crippen LogP contribution in [0.3, 0.4) is 0 Å². The Morgan fingerprint density at radius 2 is 2.05 bits per heavy atom. The third kappa shape index (κ3) is 3.61. The lowest BCUT2D eigenvalue weighted by Crippen LogP contribution is -2.18. The Bertz CT molecular complexity index is 707. The van der Waals surface area contributed by atoms with Crippen molar-refractivity contribution in [1.29, 1.82) is 0 Å². The summed E-state index contributed by atoms with van der Waals surface area (Å²) < 4.78 is 38.7. The van der Waals surface area contributed by atoms with Crippen molar-refractivity contribution in [1.82, 2.24) is 15.0 Å². The van der Waals surface area contributed by atoms with Gasteiger partial charge in [-0.25, -0.2) is 15.0 Å². The van der Waals surface area contributed by atoms with E-state index in [9.17, 15) is 18.0 Å². The first-order chi connectivity index (χ1) is 10.3. The second-order valence-corrected chi connectivity index (χ2v) is 4.54. The molecule has 0 spiro atoms. The number of carbonyl (C=O) groups excluding carboxylic acids is 1. The molecule has 0 saturated carbocycles. The van der Waals surface area contributed by atoms with Crippen molar-refractivity contribution in [3.05, 3.63) is 46.8 Å². The first kappa shape index (κ1) is 16.0. The maximum Gasteiger partial charge on any atom is 0.419 e. The third-order valence-corrected chi connectivity index (χ3v) is 2.89. The molecule has 2 aromatic rings. The van der Waals surface area contributed by atoms with Crippen LogP contribution in [0.15, 0.2) is 24.8 Å². The lowest BCUT2D eigenvalue weighted by Gasteiger charge is -2.14. The van der Waals surface area contributed by atoms with Crippen LogP contribution < -0.4 is 11.1 Å². The minimum Gasteiger partial charge on any atom is -0.379 e. The fraction of sp³-hybridized carbons (Fsp3) is 0.167. The van der Waals surface area contributed by atoms with E-state index in [2.05, 4.69) is 20.3 Å². The molecule has 0 aliphatic carbocycles. The number of nitrogens with one attached hydrogen (secondary N) is 1. The van der Waals surface area contributed by atoms with Gasteiger partial charge in [-0.05, 0) is 6.07 Å². The largest absolute Gasteiger partial charge is 0.419 e. The summed E-state index contributed by atoms with van der Waals surface area (Å²) in [5.41, 5.74) is 4.08. The highest BCUT2D eigenvalue weighted by Gasteiger charge is 2.34. The molecule has 116 valence electrons. The monoisotopic (exact) mass is 331 g/mol. The van der Waals surface area contributed by atoms with E-state index in [-0.39, 0.29) is 28.6 Å². The quantitative estimate of drug-likeness (QED) is 0.838. The van der Waals surface area contributed by atoms with Gasteiger partial charge in [0.1, 0.15) is 11.5 Å². The lowest BCUT2D eigenvalue weighted by atomic mass is 10.2. The highest BCUT2D eigenvalue weighted by atomic mass is 35.5. The Morgan fingerprint density at radius 1 is 1.32 bits per heavy atom. The molecule has 6 nitrogen and oxygen atoms in total. The van der Waals surface area contributed by atoms with Gasteiger partial charge in [0.15, 0.2) is 0 Å². The second kappa shape index (κ2) is 6.14. The third-order valence-electron chi connectivity index (χ3n) is 2.68. The summed E-state index contributed by atoms with van der Waals surface area (Å²) in [5.74, 6) is -0.777. The normalized spacial score (nSPS) is 11.3. The Morgan fingerprint density at radius 3 is 2.68 bits per heavy atom. The number of pyridine rings is 1. The number of aromatic nitrogens is 3. The average molecular weight is 332 g/mol. The first-order valence-electron chi connectivity index (χ1n) is 5.84. The number of hydrogen-bond donors (Lipinski definition) is 2. The van der Waals surface area contributed by atoms with Crippen molar-refractivity contribution in [3.63, 3.8) is 0 Å². The van der Waals surface area contributed by atoms with Gasteiger partial charge in [0.05, 0.1) is 29.1 Å². The van der Waals surface area contributed by atoms with Gasteiger partial charge in [-0.2, -0.15) is 13.2 Å². The Hall–Kier alpha value is -2.42. The van der Waals surface area contributed by atoms with Gasteiger partial charge in [-0.1, -0.05) is 11.6 Å². The van der Waals surface area contributed by atoms with E-state index >= 15 is 0 Å². The van der Waals surface area contributed by atoms with Crippen molar-refractivity contribution in [2.45, 2.75) is 12.7 Å². The molecule has 0 aliphatic rings. The van der Waals surface area contributed by atoms with Crippen molar-refractivity contribution in [2.75, 3.05) is 5.32 Å². The van der Waals surface area contributed by atoms with Crippen molar-refractivity contribution in [2.24, 2.45) is 5.73 Å². The number of amides is 1. The number of halogens is 4. The second-order valence-electron chi connectivity index (χ2n) is 4.15. The smallest absolute Gasteiger partial charge is 0.379 e. The molecule has 0 aromatic carbocycles. The van der Waals surface area contributed by atoms with Gasteiger partial charge in [0.2, 0.25) is 0 Å². The number of carbonyl (C=O) groups is 1. The molecule has 3 N–H and O–H groups in total. The van der Waals surface area contributed by atoms with Gasteiger partial charge in [0, 0.05) is 12.4 Å². The van der Waals surface area contributed by atoms with Crippen molar-refractivity contribution >= 4 is 23.2 Å². The number of hydrogen-bond acceptors (Lipinski definition) is 5. The van der Waals surface area contributed by atoms with Gasteiger partial charge in [0.25, 0.3) is 5.91 Å². The number of nitrogens with zero attached hydrogens (tertiary/aromatic N) is 3. The fourth-order valence-electron chi connectivity index (χ4n) is 1.68. The van der Waals surface area contributed by atoms with E-state index in [4.69, 9.17) is 17.3 Å². The zero-order valence-corrected chi connectivity index (χ0v) is 11.6.